The SMILES string of the molecule is Cc1nc(-c2cn3nc(C(=O)O)c(C4CC4)c3c(=O)[nH]2)ccc1Cl. The highest BCUT2D eigenvalue weighted by Crippen LogP contribution is 2.43. The average Bonchev–Trinajstić information content (AvgIpc) is 3.29. The van der Waals surface area contributed by atoms with Gasteiger partial charge in [0.15, 0.2) is 5.69 Å². The number of halogens is 1. The molecule has 122 valence electrons. The summed E-state index contributed by atoms with van der Waals surface area (Å²) in [7, 11) is 0. The van der Waals surface area contributed by atoms with Crippen LogP contribution in [-0.4, -0.2) is 30.7 Å². The third kappa shape index (κ3) is 2.28. The lowest BCUT2D eigenvalue weighted by Crippen LogP contribution is -2.12. The van der Waals surface area contributed by atoms with Crippen LogP contribution >= 0.6 is 11.6 Å². The van der Waals surface area contributed by atoms with Gasteiger partial charge in [-0.2, -0.15) is 5.10 Å². The zero-order chi connectivity index (χ0) is 17.0. The molecule has 0 aromatic carbocycles. The van der Waals surface area contributed by atoms with Gasteiger partial charge in [-0.25, -0.2) is 14.3 Å². The van der Waals surface area contributed by atoms with E-state index >= 15 is 0 Å². The van der Waals surface area contributed by atoms with Crippen molar-refractivity contribution in [1.29, 1.82) is 0 Å². The number of carboxylic acids is 1. The van der Waals surface area contributed by atoms with Gasteiger partial charge in [-0.1, -0.05) is 11.6 Å². The predicted molar refractivity (Wildman–Crippen MR) is 87.7 cm³/mol. The van der Waals surface area contributed by atoms with E-state index in [0.717, 1.165) is 12.8 Å². The van der Waals surface area contributed by atoms with E-state index in [2.05, 4.69) is 15.1 Å². The van der Waals surface area contributed by atoms with Crippen LogP contribution in [0.25, 0.3) is 16.9 Å². The van der Waals surface area contributed by atoms with E-state index in [1.54, 1.807) is 25.3 Å². The highest BCUT2D eigenvalue weighted by Gasteiger charge is 2.34. The monoisotopic (exact) mass is 344 g/mol. The molecule has 0 radical (unpaired) electrons. The Morgan fingerprint density at radius 3 is 2.79 bits per heavy atom. The normalized spacial score (nSPS) is 14.2. The first-order chi connectivity index (χ1) is 11.5. The first kappa shape index (κ1) is 14.9. The first-order valence-corrected chi connectivity index (χ1v) is 7.86. The van der Waals surface area contributed by atoms with Crippen molar-refractivity contribution in [3.05, 3.63) is 50.7 Å². The van der Waals surface area contributed by atoms with Crippen LogP contribution in [0.1, 0.15) is 40.5 Å². The molecule has 24 heavy (non-hydrogen) atoms. The lowest BCUT2D eigenvalue weighted by atomic mass is 10.1. The summed E-state index contributed by atoms with van der Waals surface area (Å²) < 4.78 is 1.34. The second-order valence-electron chi connectivity index (χ2n) is 5.90. The van der Waals surface area contributed by atoms with Gasteiger partial charge in [0.05, 0.1) is 28.3 Å². The number of aromatic amines is 1. The van der Waals surface area contributed by atoms with Gasteiger partial charge in [-0.3, -0.25) is 4.79 Å². The number of rotatable bonds is 3. The molecule has 8 heteroatoms. The molecule has 7 nitrogen and oxygen atoms in total. The number of nitrogens with one attached hydrogen (secondary N) is 1. The molecule has 0 aliphatic heterocycles. The summed E-state index contributed by atoms with van der Waals surface area (Å²) in [6.45, 7) is 1.77. The number of aryl methyl sites for hydroxylation is 1. The Morgan fingerprint density at radius 2 is 2.17 bits per heavy atom. The van der Waals surface area contributed by atoms with Crippen LogP contribution in [0.3, 0.4) is 0 Å². The Kier molecular flexibility index (Phi) is 3.21. The average molecular weight is 345 g/mol. The third-order valence-electron chi connectivity index (χ3n) is 4.15. The fourth-order valence-corrected chi connectivity index (χ4v) is 2.95. The van der Waals surface area contributed by atoms with Crippen LogP contribution in [0.2, 0.25) is 5.02 Å². The van der Waals surface area contributed by atoms with E-state index in [1.165, 1.54) is 4.52 Å². The molecular formula is C16H13ClN4O3. The minimum absolute atomic E-state index is 0.0552. The Labute approximate surface area is 140 Å². The molecule has 4 rings (SSSR count). The van der Waals surface area contributed by atoms with E-state index in [0.29, 0.717) is 33.2 Å². The van der Waals surface area contributed by atoms with E-state index in [4.69, 9.17) is 11.6 Å². The molecule has 0 spiro atoms. The van der Waals surface area contributed by atoms with Crippen molar-refractivity contribution in [2.45, 2.75) is 25.7 Å². The number of nitrogens with zero attached hydrogens (tertiary/aromatic N) is 3. The van der Waals surface area contributed by atoms with Crippen LogP contribution in [-0.2, 0) is 0 Å². The number of pyridine rings is 1. The van der Waals surface area contributed by atoms with Crippen LogP contribution < -0.4 is 5.56 Å². The standard InChI is InChI=1S/C16H13ClN4O3/c1-7-9(17)4-5-10(18-7)11-6-21-14(15(22)19-11)12(8-2-3-8)13(20-21)16(23)24/h4-6,8H,2-3H2,1H3,(H,19,22)(H,23,24). The molecule has 2 N–H and O–H groups in total. The highest BCUT2D eigenvalue weighted by atomic mass is 35.5. The van der Waals surface area contributed by atoms with Crippen molar-refractivity contribution in [2.24, 2.45) is 0 Å². The number of hydrogen-bond donors (Lipinski definition) is 2. The van der Waals surface area contributed by atoms with Crippen molar-refractivity contribution in [3.8, 4) is 11.4 Å². The summed E-state index contributed by atoms with van der Waals surface area (Å²) in [5.74, 6) is -1.03. The molecule has 3 heterocycles. The molecule has 3 aromatic heterocycles. The fraction of sp³-hybridized carbons (Fsp3) is 0.250. The summed E-state index contributed by atoms with van der Waals surface area (Å²) in [4.78, 5) is 31.1. The molecule has 1 saturated carbocycles. The molecule has 0 saturated heterocycles. The number of aromatic nitrogens is 4. The summed E-state index contributed by atoms with van der Waals surface area (Å²) in [6.07, 6.45) is 3.34. The molecular weight excluding hydrogens is 332 g/mol. The molecule has 0 amide bonds. The van der Waals surface area contributed by atoms with Gasteiger partial charge in [-0.15, -0.1) is 0 Å². The van der Waals surface area contributed by atoms with E-state index in [-0.39, 0.29) is 17.2 Å². The van der Waals surface area contributed by atoms with Crippen LogP contribution in [0.15, 0.2) is 23.1 Å². The number of carbonyl (C=O) groups is 1. The Bertz CT molecular complexity index is 1050. The van der Waals surface area contributed by atoms with Crippen LogP contribution in [0.4, 0.5) is 0 Å². The molecule has 1 aliphatic carbocycles. The Balaban J connectivity index is 1.96. The Morgan fingerprint density at radius 1 is 1.42 bits per heavy atom. The number of carboxylic acid groups (broad SMARTS) is 1. The minimum atomic E-state index is -1.12. The predicted octanol–water partition coefficient (Wildman–Crippen LogP) is 2.62. The molecule has 1 aliphatic rings. The second-order valence-corrected chi connectivity index (χ2v) is 6.30. The van der Waals surface area contributed by atoms with Crippen LogP contribution in [0, 0.1) is 6.92 Å². The summed E-state index contributed by atoms with van der Waals surface area (Å²) in [5.41, 5.74) is 2.02. The van der Waals surface area contributed by atoms with Gasteiger partial charge in [-0.05, 0) is 37.8 Å². The Hall–Kier alpha value is -2.67. The number of H-pyrrole nitrogens is 1. The van der Waals surface area contributed by atoms with E-state index in [1.807, 2.05) is 0 Å². The second kappa shape index (κ2) is 5.17. The van der Waals surface area contributed by atoms with Gasteiger partial charge in [0.1, 0.15) is 5.52 Å². The van der Waals surface area contributed by atoms with Crippen LogP contribution in [0.5, 0.6) is 0 Å². The molecule has 3 aromatic rings. The maximum atomic E-state index is 12.6. The zero-order valence-electron chi connectivity index (χ0n) is 12.7. The van der Waals surface area contributed by atoms with Crippen molar-refractivity contribution in [3.63, 3.8) is 0 Å². The molecule has 1 fully saturated rings. The number of hydrogen-bond acceptors (Lipinski definition) is 4. The van der Waals surface area contributed by atoms with Crippen molar-refractivity contribution in [1.82, 2.24) is 19.6 Å². The summed E-state index contributed by atoms with van der Waals surface area (Å²) >= 11 is 5.98. The zero-order valence-corrected chi connectivity index (χ0v) is 13.5. The summed E-state index contributed by atoms with van der Waals surface area (Å²) in [6, 6.07) is 3.39. The topological polar surface area (TPSA) is 100 Å². The van der Waals surface area contributed by atoms with Gasteiger partial charge in [0.25, 0.3) is 5.56 Å². The lowest BCUT2D eigenvalue weighted by Gasteiger charge is -2.04. The molecule has 0 atom stereocenters. The van der Waals surface area contributed by atoms with E-state index < -0.39 is 5.97 Å². The first-order valence-electron chi connectivity index (χ1n) is 7.48. The largest absolute Gasteiger partial charge is 0.476 e. The van der Waals surface area contributed by atoms with Gasteiger partial charge >= 0.3 is 5.97 Å². The number of aromatic carboxylic acids is 1. The van der Waals surface area contributed by atoms with Crippen molar-refractivity contribution < 1.29 is 9.90 Å². The quantitative estimate of drug-likeness (QED) is 0.760. The minimum Gasteiger partial charge on any atom is -0.476 e. The van der Waals surface area contributed by atoms with Crippen molar-refractivity contribution >= 4 is 23.1 Å². The molecule has 0 unspecified atom stereocenters. The maximum Gasteiger partial charge on any atom is 0.356 e. The maximum absolute atomic E-state index is 12.6. The third-order valence-corrected chi connectivity index (χ3v) is 4.55. The fourth-order valence-electron chi connectivity index (χ4n) is 2.84. The summed E-state index contributed by atoms with van der Waals surface area (Å²) in [5, 5.41) is 14.0. The van der Waals surface area contributed by atoms with Gasteiger partial charge in [0, 0.05) is 5.56 Å². The smallest absolute Gasteiger partial charge is 0.356 e. The number of fused-ring (bicyclic) bond motifs is 1. The van der Waals surface area contributed by atoms with E-state index in [9.17, 15) is 14.7 Å². The van der Waals surface area contributed by atoms with Gasteiger partial charge < -0.3 is 10.1 Å². The van der Waals surface area contributed by atoms with Gasteiger partial charge in [0.2, 0.25) is 0 Å². The van der Waals surface area contributed by atoms with Crippen molar-refractivity contribution in [2.75, 3.05) is 0 Å². The molecule has 0 bridgehead atoms. The highest BCUT2D eigenvalue weighted by molar-refractivity contribution is 6.31. The lowest BCUT2D eigenvalue weighted by molar-refractivity contribution is 0.0689.